The molecule has 1 N–H and O–H groups in total. The van der Waals surface area contributed by atoms with E-state index in [9.17, 15) is 0 Å². The third-order valence-electron chi connectivity index (χ3n) is 3.36. The molecule has 0 aliphatic carbocycles. The van der Waals surface area contributed by atoms with Crippen LogP contribution < -0.4 is 5.32 Å². The Morgan fingerprint density at radius 3 is 2.61 bits per heavy atom. The summed E-state index contributed by atoms with van der Waals surface area (Å²) in [4.78, 5) is 2.51. The summed E-state index contributed by atoms with van der Waals surface area (Å²) < 4.78 is 0. The molecule has 0 atom stereocenters. The summed E-state index contributed by atoms with van der Waals surface area (Å²) in [5.41, 5.74) is 2.89. The molecule has 0 unspecified atom stereocenters. The lowest BCUT2D eigenvalue weighted by atomic mass is 10.1. The Morgan fingerprint density at radius 1 is 1.17 bits per heavy atom. The van der Waals surface area contributed by atoms with Crippen molar-refractivity contribution in [2.24, 2.45) is 0 Å². The smallest absolute Gasteiger partial charge is 0.0240 e. The minimum atomic E-state index is 0.538. The second-order valence-corrected chi connectivity index (χ2v) is 5.30. The normalized spacial score (nSPS) is 16.4. The lowest BCUT2D eigenvalue weighted by molar-refractivity contribution is 0.289. The fraction of sp³-hybridized carbons (Fsp3) is 0.500. The van der Waals surface area contributed by atoms with Gasteiger partial charge in [0.25, 0.3) is 0 Å². The van der Waals surface area contributed by atoms with Crippen LogP contribution in [0, 0.1) is 0 Å². The summed E-state index contributed by atoms with van der Waals surface area (Å²) in [6, 6.07) is 9.32. The molecule has 0 bridgehead atoms. The van der Waals surface area contributed by atoms with Crippen LogP contribution in [0.25, 0.3) is 0 Å². The molecular weight excluding hydrogens is 220 g/mol. The third-order valence-corrected chi connectivity index (χ3v) is 3.36. The van der Waals surface area contributed by atoms with Gasteiger partial charge in [-0.15, -0.1) is 0 Å². The third kappa shape index (κ3) is 3.97. The van der Waals surface area contributed by atoms with Crippen molar-refractivity contribution in [2.75, 3.05) is 13.1 Å². The minimum absolute atomic E-state index is 0.538. The molecule has 0 radical (unpaired) electrons. The Balaban J connectivity index is 2.00. The maximum atomic E-state index is 3.51. The Hall–Kier alpha value is -1.12. The van der Waals surface area contributed by atoms with E-state index in [1.807, 2.05) is 0 Å². The van der Waals surface area contributed by atoms with E-state index >= 15 is 0 Å². The number of nitrogens with zero attached hydrogens (tertiary/aromatic N) is 1. The molecule has 18 heavy (non-hydrogen) atoms. The quantitative estimate of drug-likeness (QED) is 0.801. The van der Waals surface area contributed by atoms with Gasteiger partial charge in [-0.1, -0.05) is 50.3 Å². The summed E-state index contributed by atoms with van der Waals surface area (Å²) in [5.74, 6) is 0. The second-order valence-electron chi connectivity index (χ2n) is 5.30. The average Bonchev–Trinajstić information content (AvgIpc) is 2.39. The predicted molar refractivity (Wildman–Crippen MR) is 77.5 cm³/mol. The molecule has 0 saturated heterocycles. The Bertz CT molecular complexity index is 396. The van der Waals surface area contributed by atoms with Gasteiger partial charge in [0.1, 0.15) is 0 Å². The van der Waals surface area contributed by atoms with Crippen LogP contribution >= 0.6 is 0 Å². The second kappa shape index (κ2) is 6.72. The van der Waals surface area contributed by atoms with E-state index in [2.05, 4.69) is 60.5 Å². The van der Waals surface area contributed by atoms with Crippen molar-refractivity contribution in [2.45, 2.75) is 39.4 Å². The van der Waals surface area contributed by atoms with Gasteiger partial charge in [0.15, 0.2) is 0 Å². The van der Waals surface area contributed by atoms with Gasteiger partial charge in [0.2, 0.25) is 0 Å². The van der Waals surface area contributed by atoms with E-state index in [0.717, 1.165) is 19.6 Å². The lowest BCUT2D eigenvalue weighted by Crippen LogP contribution is -2.28. The number of benzene rings is 1. The molecule has 2 nitrogen and oxygen atoms in total. The molecule has 0 aromatic heterocycles. The highest BCUT2D eigenvalue weighted by Gasteiger charge is 2.09. The summed E-state index contributed by atoms with van der Waals surface area (Å²) >= 11 is 0. The number of hydrogen-bond acceptors (Lipinski definition) is 2. The minimum Gasteiger partial charge on any atom is -0.310 e. The molecule has 0 spiro atoms. The molecule has 1 aromatic carbocycles. The van der Waals surface area contributed by atoms with Crippen LogP contribution in [0.3, 0.4) is 0 Å². The predicted octanol–water partition coefficient (Wildman–Crippen LogP) is 2.95. The first-order chi connectivity index (χ1) is 8.75. The topological polar surface area (TPSA) is 15.3 Å². The molecular formula is C16H24N2. The highest BCUT2D eigenvalue weighted by molar-refractivity contribution is 5.27. The SMILES string of the molecule is CC(C)NCc1ccccc1CN1CC=CCC1. The molecule has 0 fully saturated rings. The van der Waals surface area contributed by atoms with Crippen LogP contribution in [0.15, 0.2) is 36.4 Å². The van der Waals surface area contributed by atoms with Crippen LogP contribution in [0.5, 0.6) is 0 Å². The zero-order valence-corrected chi connectivity index (χ0v) is 11.5. The van der Waals surface area contributed by atoms with E-state index in [0.29, 0.717) is 6.04 Å². The van der Waals surface area contributed by atoms with Crippen molar-refractivity contribution in [1.82, 2.24) is 10.2 Å². The Kier molecular flexibility index (Phi) is 4.97. The first kappa shape index (κ1) is 13.3. The van der Waals surface area contributed by atoms with E-state index in [4.69, 9.17) is 0 Å². The fourth-order valence-corrected chi connectivity index (χ4v) is 2.27. The van der Waals surface area contributed by atoms with E-state index in [1.165, 1.54) is 24.1 Å². The number of rotatable bonds is 5. The molecule has 0 amide bonds. The molecule has 1 heterocycles. The van der Waals surface area contributed by atoms with Crippen LogP contribution in [0.4, 0.5) is 0 Å². The van der Waals surface area contributed by atoms with Crippen molar-refractivity contribution >= 4 is 0 Å². The molecule has 1 aliphatic rings. The van der Waals surface area contributed by atoms with Gasteiger partial charge >= 0.3 is 0 Å². The highest BCUT2D eigenvalue weighted by atomic mass is 15.1. The van der Waals surface area contributed by atoms with Crippen LogP contribution in [0.2, 0.25) is 0 Å². The van der Waals surface area contributed by atoms with Gasteiger partial charge < -0.3 is 5.32 Å². The fourth-order valence-electron chi connectivity index (χ4n) is 2.27. The Labute approximate surface area is 111 Å². The van der Waals surface area contributed by atoms with Crippen molar-refractivity contribution in [3.05, 3.63) is 47.5 Å². The molecule has 1 aliphatic heterocycles. The summed E-state index contributed by atoms with van der Waals surface area (Å²) in [5, 5.41) is 3.51. The summed E-state index contributed by atoms with van der Waals surface area (Å²) in [6.45, 7) is 8.70. The van der Waals surface area contributed by atoms with Gasteiger partial charge in [-0.25, -0.2) is 0 Å². The van der Waals surface area contributed by atoms with E-state index in [-0.39, 0.29) is 0 Å². The molecule has 2 heteroatoms. The first-order valence-electron chi connectivity index (χ1n) is 6.93. The Morgan fingerprint density at radius 2 is 1.94 bits per heavy atom. The number of hydrogen-bond donors (Lipinski definition) is 1. The van der Waals surface area contributed by atoms with Crippen LogP contribution in [0.1, 0.15) is 31.4 Å². The average molecular weight is 244 g/mol. The molecule has 98 valence electrons. The maximum Gasteiger partial charge on any atom is 0.0240 e. The van der Waals surface area contributed by atoms with Crippen LogP contribution in [-0.2, 0) is 13.1 Å². The summed E-state index contributed by atoms with van der Waals surface area (Å²) in [7, 11) is 0. The highest BCUT2D eigenvalue weighted by Crippen LogP contribution is 2.13. The molecule has 2 rings (SSSR count). The van der Waals surface area contributed by atoms with E-state index < -0.39 is 0 Å². The number of nitrogens with one attached hydrogen (secondary N) is 1. The van der Waals surface area contributed by atoms with Gasteiger partial charge in [-0.3, -0.25) is 4.90 Å². The summed E-state index contributed by atoms with van der Waals surface area (Å²) in [6.07, 6.45) is 5.74. The van der Waals surface area contributed by atoms with Gasteiger partial charge in [0.05, 0.1) is 0 Å². The van der Waals surface area contributed by atoms with Crippen molar-refractivity contribution in [3.63, 3.8) is 0 Å². The van der Waals surface area contributed by atoms with Gasteiger partial charge in [0, 0.05) is 32.2 Å². The van der Waals surface area contributed by atoms with Crippen molar-refractivity contribution in [3.8, 4) is 0 Å². The largest absolute Gasteiger partial charge is 0.310 e. The van der Waals surface area contributed by atoms with Crippen molar-refractivity contribution in [1.29, 1.82) is 0 Å². The monoisotopic (exact) mass is 244 g/mol. The van der Waals surface area contributed by atoms with Crippen LogP contribution in [-0.4, -0.2) is 24.0 Å². The van der Waals surface area contributed by atoms with Gasteiger partial charge in [-0.05, 0) is 17.5 Å². The first-order valence-corrected chi connectivity index (χ1v) is 6.93. The van der Waals surface area contributed by atoms with Gasteiger partial charge in [-0.2, -0.15) is 0 Å². The zero-order valence-electron chi connectivity index (χ0n) is 11.5. The molecule has 1 aromatic rings. The van der Waals surface area contributed by atoms with E-state index in [1.54, 1.807) is 0 Å². The lowest BCUT2D eigenvalue weighted by Gasteiger charge is -2.24. The molecule has 0 saturated carbocycles. The standard InChI is InChI=1S/C16H24N2/c1-14(2)17-12-15-8-4-5-9-16(15)13-18-10-6-3-7-11-18/h3-6,8-9,14,17H,7,10-13H2,1-2H3. The zero-order chi connectivity index (χ0) is 12.8. The maximum absolute atomic E-state index is 3.51. The van der Waals surface area contributed by atoms with Crippen molar-refractivity contribution < 1.29 is 0 Å².